The lowest BCUT2D eigenvalue weighted by Crippen LogP contribution is -2.09. The van der Waals surface area contributed by atoms with E-state index in [0.717, 1.165) is 6.61 Å². The van der Waals surface area contributed by atoms with Crippen LogP contribution in [0.15, 0.2) is 42.5 Å². The van der Waals surface area contributed by atoms with Crippen molar-refractivity contribution in [1.82, 2.24) is 0 Å². The molecule has 0 atom stereocenters. The van der Waals surface area contributed by atoms with E-state index in [1.54, 1.807) is 0 Å². The predicted octanol–water partition coefficient (Wildman–Crippen LogP) is 3.41. The third-order valence-electron chi connectivity index (χ3n) is 3.03. The van der Waals surface area contributed by atoms with Gasteiger partial charge in [0, 0.05) is 6.61 Å². The topological polar surface area (TPSA) is 27.7 Å². The second-order valence-electron chi connectivity index (χ2n) is 4.54. The Balaban J connectivity index is 1.65. The van der Waals surface area contributed by atoms with Crippen LogP contribution in [0.5, 0.6) is 0 Å². The monoisotopic (exact) mass is 274 g/mol. The first-order chi connectivity index (χ1) is 9.90. The largest absolute Gasteiger partial charge is 0.379 e. The lowest BCUT2D eigenvalue weighted by Gasteiger charge is -2.07. The first kappa shape index (κ1) is 15.0. The smallest absolute Gasteiger partial charge is 0.0718 e. The van der Waals surface area contributed by atoms with Gasteiger partial charge in [-0.3, -0.25) is 0 Å². The highest BCUT2D eigenvalue weighted by Gasteiger charge is 1.97. The summed E-state index contributed by atoms with van der Waals surface area (Å²) in [6.45, 7) is 5.85. The molecule has 0 radical (unpaired) electrons. The van der Waals surface area contributed by atoms with E-state index in [9.17, 15) is 0 Å². The van der Waals surface area contributed by atoms with E-state index in [2.05, 4.69) is 42.5 Å². The van der Waals surface area contributed by atoms with Gasteiger partial charge in [0.1, 0.15) is 0 Å². The highest BCUT2D eigenvalue weighted by Crippen LogP contribution is 2.16. The maximum atomic E-state index is 5.61. The molecule has 0 N–H and O–H groups in total. The van der Waals surface area contributed by atoms with Crippen LogP contribution < -0.4 is 0 Å². The zero-order valence-corrected chi connectivity index (χ0v) is 12.0. The Hall–Kier alpha value is -1.42. The lowest BCUT2D eigenvalue weighted by molar-refractivity contribution is 0.0128. The van der Waals surface area contributed by atoms with Crippen LogP contribution in [-0.4, -0.2) is 33.0 Å². The minimum Gasteiger partial charge on any atom is -0.379 e. The molecule has 3 heteroatoms. The molecule has 20 heavy (non-hydrogen) atoms. The van der Waals surface area contributed by atoms with E-state index in [1.165, 1.54) is 16.3 Å². The molecular formula is C17H22O3. The summed E-state index contributed by atoms with van der Waals surface area (Å²) in [5, 5.41) is 2.51. The molecule has 0 saturated carbocycles. The maximum absolute atomic E-state index is 5.61. The van der Waals surface area contributed by atoms with Crippen LogP contribution in [0.3, 0.4) is 0 Å². The summed E-state index contributed by atoms with van der Waals surface area (Å²) in [7, 11) is 0. The summed E-state index contributed by atoms with van der Waals surface area (Å²) < 4.78 is 16.2. The Morgan fingerprint density at radius 2 is 1.45 bits per heavy atom. The Kier molecular flexibility index (Phi) is 6.51. The molecule has 0 bridgehead atoms. The van der Waals surface area contributed by atoms with Crippen molar-refractivity contribution in [3.63, 3.8) is 0 Å². The van der Waals surface area contributed by atoms with Crippen LogP contribution in [0, 0.1) is 0 Å². The highest BCUT2D eigenvalue weighted by molar-refractivity contribution is 5.82. The van der Waals surface area contributed by atoms with E-state index < -0.39 is 0 Å². The van der Waals surface area contributed by atoms with Gasteiger partial charge >= 0.3 is 0 Å². The Morgan fingerprint density at radius 3 is 2.25 bits per heavy atom. The van der Waals surface area contributed by atoms with E-state index >= 15 is 0 Å². The Morgan fingerprint density at radius 1 is 0.750 bits per heavy atom. The van der Waals surface area contributed by atoms with Gasteiger partial charge in [-0.1, -0.05) is 36.4 Å². The quantitative estimate of drug-likeness (QED) is 0.656. The molecular weight excluding hydrogens is 252 g/mol. The first-order valence-corrected chi connectivity index (χ1v) is 7.11. The van der Waals surface area contributed by atoms with Crippen LogP contribution in [0.2, 0.25) is 0 Å². The van der Waals surface area contributed by atoms with Gasteiger partial charge < -0.3 is 14.2 Å². The van der Waals surface area contributed by atoms with E-state index in [1.807, 2.05) is 6.92 Å². The van der Waals surface area contributed by atoms with Crippen molar-refractivity contribution >= 4 is 10.8 Å². The Bertz CT molecular complexity index is 510. The summed E-state index contributed by atoms with van der Waals surface area (Å²) >= 11 is 0. The predicted molar refractivity (Wildman–Crippen MR) is 80.9 cm³/mol. The zero-order chi connectivity index (χ0) is 14.0. The van der Waals surface area contributed by atoms with Crippen molar-refractivity contribution in [2.24, 2.45) is 0 Å². The zero-order valence-electron chi connectivity index (χ0n) is 12.0. The van der Waals surface area contributed by atoms with Gasteiger partial charge in [0.05, 0.1) is 33.0 Å². The minimum atomic E-state index is 0.610. The van der Waals surface area contributed by atoms with E-state index in [4.69, 9.17) is 14.2 Å². The summed E-state index contributed by atoms with van der Waals surface area (Å²) in [6.07, 6.45) is 0. The summed E-state index contributed by atoms with van der Waals surface area (Å²) in [4.78, 5) is 0. The van der Waals surface area contributed by atoms with Crippen molar-refractivity contribution in [1.29, 1.82) is 0 Å². The number of fused-ring (bicyclic) bond motifs is 1. The standard InChI is InChI=1S/C17H22O3/c1-2-18-9-10-19-11-12-20-14-15-7-8-16-5-3-4-6-17(16)13-15/h3-8,13H,2,9-12,14H2,1H3. The molecule has 0 spiro atoms. The third-order valence-corrected chi connectivity index (χ3v) is 3.03. The number of hydrogen-bond donors (Lipinski definition) is 0. The van der Waals surface area contributed by atoms with Crippen molar-refractivity contribution in [3.05, 3.63) is 48.0 Å². The van der Waals surface area contributed by atoms with Gasteiger partial charge in [0.15, 0.2) is 0 Å². The minimum absolute atomic E-state index is 0.610. The van der Waals surface area contributed by atoms with Crippen LogP contribution in [0.25, 0.3) is 10.8 Å². The highest BCUT2D eigenvalue weighted by atomic mass is 16.5. The second-order valence-corrected chi connectivity index (χ2v) is 4.54. The van der Waals surface area contributed by atoms with Gasteiger partial charge in [-0.2, -0.15) is 0 Å². The van der Waals surface area contributed by atoms with Gasteiger partial charge in [0.2, 0.25) is 0 Å². The van der Waals surface area contributed by atoms with Crippen molar-refractivity contribution in [2.45, 2.75) is 13.5 Å². The molecule has 2 aromatic rings. The fourth-order valence-corrected chi connectivity index (χ4v) is 2.00. The molecule has 108 valence electrons. The average Bonchev–Trinajstić information content (AvgIpc) is 2.50. The number of benzene rings is 2. The van der Waals surface area contributed by atoms with Gasteiger partial charge in [0.25, 0.3) is 0 Å². The molecule has 0 heterocycles. The van der Waals surface area contributed by atoms with Crippen molar-refractivity contribution < 1.29 is 14.2 Å². The molecule has 0 aliphatic rings. The molecule has 0 aromatic heterocycles. The maximum Gasteiger partial charge on any atom is 0.0718 e. The van der Waals surface area contributed by atoms with Crippen LogP contribution in [-0.2, 0) is 20.8 Å². The van der Waals surface area contributed by atoms with Crippen LogP contribution in [0.1, 0.15) is 12.5 Å². The molecule has 0 aliphatic carbocycles. The van der Waals surface area contributed by atoms with Gasteiger partial charge in [-0.05, 0) is 29.3 Å². The van der Waals surface area contributed by atoms with Gasteiger partial charge in [-0.25, -0.2) is 0 Å². The molecule has 0 fully saturated rings. The lowest BCUT2D eigenvalue weighted by atomic mass is 10.1. The molecule has 2 aromatic carbocycles. The molecule has 3 nitrogen and oxygen atoms in total. The molecule has 0 saturated heterocycles. The normalized spacial score (nSPS) is 11.1. The average molecular weight is 274 g/mol. The molecule has 2 rings (SSSR count). The van der Waals surface area contributed by atoms with Crippen LogP contribution >= 0.6 is 0 Å². The van der Waals surface area contributed by atoms with Gasteiger partial charge in [-0.15, -0.1) is 0 Å². The third kappa shape index (κ3) is 4.93. The van der Waals surface area contributed by atoms with E-state index in [-0.39, 0.29) is 0 Å². The van der Waals surface area contributed by atoms with Crippen LogP contribution in [0.4, 0.5) is 0 Å². The molecule has 0 unspecified atom stereocenters. The number of hydrogen-bond acceptors (Lipinski definition) is 3. The number of ether oxygens (including phenoxy) is 3. The fourth-order valence-electron chi connectivity index (χ4n) is 2.00. The first-order valence-electron chi connectivity index (χ1n) is 7.11. The summed E-state index contributed by atoms with van der Waals surface area (Å²) in [5.41, 5.74) is 1.19. The molecule has 0 amide bonds. The summed E-state index contributed by atoms with van der Waals surface area (Å²) in [6, 6.07) is 14.8. The summed E-state index contributed by atoms with van der Waals surface area (Å²) in [5.74, 6) is 0. The van der Waals surface area contributed by atoms with E-state index in [0.29, 0.717) is 33.0 Å². The van der Waals surface area contributed by atoms with Crippen molar-refractivity contribution in [3.8, 4) is 0 Å². The van der Waals surface area contributed by atoms with Crippen molar-refractivity contribution in [2.75, 3.05) is 33.0 Å². The Labute approximate surface area is 120 Å². The molecule has 0 aliphatic heterocycles. The second kappa shape index (κ2) is 8.69. The fraction of sp³-hybridized carbons (Fsp3) is 0.412. The number of rotatable bonds is 9. The SMILES string of the molecule is CCOCCOCCOCc1ccc2ccccc2c1.